The molecule has 4 rings (SSSR count). The van der Waals surface area contributed by atoms with Crippen LogP contribution >= 0.6 is 0 Å². The number of fused-ring (bicyclic) bond motifs is 1. The summed E-state index contributed by atoms with van der Waals surface area (Å²) in [6.07, 6.45) is 6.50. The Morgan fingerprint density at radius 1 is 1.20 bits per heavy atom. The maximum absolute atomic E-state index is 13.2. The van der Waals surface area contributed by atoms with Crippen LogP contribution in [0.1, 0.15) is 60.1 Å². The number of phenols is 1. The lowest BCUT2D eigenvalue weighted by atomic mass is 9.91. The average Bonchev–Trinajstić information content (AvgIpc) is 2.94. The number of hydrogen-bond donors (Lipinski definition) is 4. The number of aryl methyl sites for hydroxylation is 2. The van der Waals surface area contributed by atoms with Crippen LogP contribution in [-0.2, 0) is 0 Å². The van der Waals surface area contributed by atoms with Gasteiger partial charge in [0.05, 0.1) is 16.6 Å². The number of carbonyl (C=O) groups is 1. The molecule has 2 aromatic heterocycles. The van der Waals surface area contributed by atoms with Gasteiger partial charge in [-0.3, -0.25) is 9.89 Å². The Hall–Kier alpha value is -2.93. The first-order valence-electron chi connectivity index (χ1n) is 10.6. The van der Waals surface area contributed by atoms with Crippen molar-refractivity contribution in [3.05, 3.63) is 41.1 Å². The van der Waals surface area contributed by atoms with Crippen LogP contribution in [0.4, 0.5) is 0 Å². The highest BCUT2D eigenvalue weighted by Crippen LogP contribution is 2.30. The van der Waals surface area contributed by atoms with Crippen molar-refractivity contribution >= 4 is 16.9 Å². The topological polar surface area (TPSA) is 117 Å². The summed E-state index contributed by atoms with van der Waals surface area (Å²) in [5.41, 5.74) is 10.5. The van der Waals surface area contributed by atoms with Gasteiger partial charge in [-0.1, -0.05) is 25.7 Å². The predicted molar refractivity (Wildman–Crippen MR) is 117 cm³/mol. The van der Waals surface area contributed by atoms with Crippen molar-refractivity contribution in [2.24, 2.45) is 5.73 Å². The Kier molecular flexibility index (Phi) is 5.47. The third kappa shape index (κ3) is 4.03. The fraction of sp³-hybridized carbons (Fsp3) is 0.435. The van der Waals surface area contributed by atoms with Crippen LogP contribution in [0.3, 0.4) is 0 Å². The molecule has 0 spiro atoms. The number of nitrogens with zero attached hydrogens (tertiary/aromatic N) is 2. The molecule has 5 N–H and O–H groups in total. The van der Waals surface area contributed by atoms with Crippen molar-refractivity contribution in [1.29, 1.82) is 0 Å². The van der Waals surface area contributed by atoms with Crippen LogP contribution in [-0.4, -0.2) is 38.3 Å². The minimum absolute atomic E-state index is 0.168. The molecule has 0 aliphatic heterocycles. The molecule has 0 unspecified atom stereocenters. The first-order valence-corrected chi connectivity index (χ1v) is 10.6. The van der Waals surface area contributed by atoms with E-state index in [0.717, 1.165) is 47.9 Å². The fourth-order valence-corrected chi connectivity index (χ4v) is 4.39. The first kappa shape index (κ1) is 20.3. The number of phenolic OH excluding ortho intramolecular Hbond substituents is 1. The number of aromatic amines is 1. The Labute approximate surface area is 176 Å². The molecule has 7 heteroatoms. The molecule has 1 aromatic carbocycles. The van der Waals surface area contributed by atoms with E-state index >= 15 is 0 Å². The first-order chi connectivity index (χ1) is 14.4. The summed E-state index contributed by atoms with van der Waals surface area (Å²) >= 11 is 0. The van der Waals surface area contributed by atoms with E-state index in [4.69, 9.17) is 5.73 Å². The van der Waals surface area contributed by atoms with Crippen LogP contribution in [0.2, 0.25) is 0 Å². The molecule has 1 amide bonds. The number of carbonyl (C=O) groups excluding carboxylic acids is 1. The number of H-pyrrole nitrogens is 1. The third-order valence-electron chi connectivity index (χ3n) is 6.14. The summed E-state index contributed by atoms with van der Waals surface area (Å²) in [7, 11) is 0. The normalized spacial score (nSPS) is 16.4. The highest BCUT2D eigenvalue weighted by atomic mass is 16.3. The molecule has 158 valence electrons. The van der Waals surface area contributed by atoms with Gasteiger partial charge in [0.15, 0.2) is 5.65 Å². The van der Waals surface area contributed by atoms with Crippen LogP contribution in [0, 0.1) is 13.8 Å². The van der Waals surface area contributed by atoms with Gasteiger partial charge in [0.1, 0.15) is 5.75 Å². The fourth-order valence-electron chi connectivity index (χ4n) is 4.39. The number of aromatic nitrogens is 3. The Bertz CT molecular complexity index is 1080. The number of amides is 1. The van der Waals surface area contributed by atoms with E-state index in [1.54, 1.807) is 24.3 Å². The molecular weight excluding hydrogens is 378 g/mol. The Morgan fingerprint density at radius 3 is 2.63 bits per heavy atom. The summed E-state index contributed by atoms with van der Waals surface area (Å²) in [5.74, 6) is 0.0289. The summed E-state index contributed by atoms with van der Waals surface area (Å²) < 4.78 is 0. The Morgan fingerprint density at radius 2 is 1.93 bits per heavy atom. The van der Waals surface area contributed by atoms with Crippen LogP contribution < -0.4 is 11.1 Å². The predicted octanol–water partition coefficient (Wildman–Crippen LogP) is 3.73. The van der Waals surface area contributed by atoms with Crippen LogP contribution in [0.25, 0.3) is 22.3 Å². The second kappa shape index (κ2) is 8.07. The average molecular weight is 408 g/mol. The number of hydrogen-bond acceptors (Lipinski definition) is 5. The molecular formula is C23H29N5O2. The van der Waals surface area contributed by atoms with E-state index in [1.807, 2.05) is 13.8 Å². The third-order valence-corrected chi connectivity index (χ3v) is 6.14. The second-order valence-corrected chi connectivity index (χ2v) is 8.56. The summed E-state index contributed by atoms with van der Waals surface area (Å²) in [6.45, 7) is 4.25. The maximum atomic E-state index is 13.2. The molecule has 0 atom stereocenters. The van der Waals surface area contributed by atoms with Crippen molar-refractivity contribution < 1.29 is 9.90 Å². The Balaban J connectivity index is 1.68. The zero-order valence-electron chi connectivity index (χ0n) is 17.6. The lowest BCUT2D eigenvalue weighted by Crippen LogP contribution is -2.49. The van der Waals surface area contributed by atoms with Crippen molar-refractivity contribution in [1.82, 2.24) is 20.5 Å². The second-order valence-electron chi connectivity index (χ2n) is 8.56. The van der Waals surface area contributed by atoms with Crippen molar-refractivity contribution in [3.63, 3.8) is 0 Å². The molecule has 3 aromatic rings. The van der Waals surface area contributed by atoms with Gasteiger partial charge in [0.2, 0.25) is 0 Å². The minimum atomic E-state index is -0.347. The van der Waals surface area contributed by atoms with Crippen molar-refractivity contribution in [2.75, 3.05) is 6.54 Å². The maximum Gasteiger partial charge on any atom is 0.252 e. The number of aromatic hydroxyl groups is 1. The van der Waals surface area contributed by atoms with Crippen molar-refractivity contribution in [2.45, 2.75) is 57.9 Å². The highest BCUT2D eigenvalue weighted by Gasteiger charge is 2.27. The molecule has 0 radical (unpaired) electrons. The van der Waals surface area contributed by atoms with Gasteiger partial charge in [-0.25, -0.2) is 4.98 Å². The molecule has 1 saturated carbocycles. The van der Waals surface area contributed by atoms with E-state index in [9.17, 15) is 9.90 Å². The minimum Gasteiger partial charge on any atom is -0.508 e. The van der Waals surface area contributed by atoms with Gasteiger partial charge in [0.25, 0.3) is 5.91 Å². The molecule has 0 saturated heterocycles. The molecule has 1 fully saturated rings. The number of pyridine rings is 1. The zero-order valence-corrected chi connectivity index (χ0v) is 17.6. The number of nitrogens with one attached hydrogen (secondary N) is 2. The van der Waals surface area contributed by atoms with E-state index in [2.05, 4.69) is 20.5 Å². The molecule has 30 heavy (non-hydrogen) atoms. The lowest BCUT2D eigenvalue weighted by Gasteiger charge is -2.28. The van der Waals surface area contributed by atoms with Gasteiger partial charge in [-0.05, 0) is 56.5 Å². The van der Waals surface area contributed by atoms with E-state index in [0.29, 0.717) is 23.4 Å². The zero-order chi connectivity index (χ0) is 21.3. The van der Waals surface area contributed by atoms with Gasteiger partial charge >= 0.3 is 0 Å². The van der Waals surface area contributed by atoms with Gasteiger partial charge in [-0.15, -0.1) is 0 Å². The summed E-state index contributed by atoms with van der Waals surface area (Å²) in [5, 5.41) is 20.7. The SMILES string of the molecule is Cc1cc(O)ccc1-c1cc(C(=O)NCC2(N)CCCCCC2)c2c(C)[nH]nc2n1. The van der Waals surface area contributed by atoms with Gasteiger partial charge < -0.3 is 16.2 Å². The summed E-state index contributed by atoms with van der Waals surface area (Å²) in [4.78, 5) is 17.9. The molecule has 0 bridgehead atoms. The molecule has 7 nitrogen and oxygen atoms in total. The van der Waals surface area contributed by atoms with Gasteiger partial charge in [-0.2, -0.15) is 5.10 Å². The number of nitrogens with two attached hydrogens (primary N) is 1. The highest BCUT2D eigenvalue weighted by molar-refractivity contribution is 6.07. The quantitative estimate of drug-likeness (QED) is 0.492. The molecule has 2 heterocycles. The van der Waals surface area contributed by atoms with Crippen molar-refractivity contribution in [3.8, 4) is 17.0 Å². The summed E-state index contributed by atoms with van der Waals surface area (Å²) in [6, 6.07) is 6.91. The van der Waals surface area contributed by atoms with Crippen LogP contribution in [0.5, 0.6) is 5.75 Å². The number of rotatable bonds is 4. The van der Waals surface area contributed by atoms with E-state index in [1.165, 1.54) is 12.8 Å². The van der Waals surface area contributed by atoms with E-state index < -0.39 is 0 Å². The monoisotopic (exact) mass is 407 g/mol. The van der Waals surface area contributed by atoms with Gasteiger partial charge in [0, 0.05) is 23.3 Å². The van der Waals surface area contributed by atoms with E-state index in [-0.39, 0.29) is 17.2 Å². The standard InChI is InChI=1S/C23H29N5O2/c1-14-11-16(29)7-8-17(14)19-12-18(20-15(2)27-28-21(20)26-19)22(30)25-13-23(24)9-5-3-4-6-10-23/h7-8,11-12,29H,3-6,9-10,13,24H2,1-2H3,(H,25,30)(H,26,27,28). The molecule has 1 aliphatic carbocycles. The molecule has 1 aliphatic rings. The van der Waals surface area contributed by atoms with Crippen LogP contribution in [0.15, 0.2) is 24.3 Å². The smallest absolute Gasteiger partial charge is 0.252 e. The lowest BCUT2D eigenvalue weighted by molar-refractivity contribution is 0.0942. The number of benzene rings is 1. The largest absolute Gasteiger partial charge is 0.508 e.